The molecular formula is C44H51N7O9S. The molecule has 16 nitrogen and oxygen atoms in total. The molecule has 3 aliphatic carbocycles. The molecule has 5 atom stereocenters. The van der Waals surface area contributed by atoms with E-state index >= 15 is 0 Å². The molecule has 4 amide bonds. The zero-order valence-corrected chi connectivity index (χ0v) is 34.9. The van der Waals surface area contributed by atoms with Crippen LogP contribution in [0.3, 0.4) is 0 Å². The van der Waals surface area contributed by atoms with Gasteiger partial charge in [0.1, 0.15) is 41.1 Å². The van der Waals surface area contributed by atoms with E-state index in [1.54, 1.807) is 17.7 Å². The van der Waals surface area contributed by atoms with Gasteiger partial charge in [-0.15, -0.1) is 0 Å². The Hall–Kier alpha value is -5.71. The number of ether oxygens (including phenoxy) is 3. The van der Waals surface area contributed by atoms with Crippen LogP contribution in [0.25, 0.3) is 27.8 Å². The van der Waals surface area contributed by atoms with E-state index in [0.29, 0.717) is 60.6 Å². The molecule has 1 saturated heterocycles. The van der Waals surface area contributed by atoms with Crippen molar-refractivity contribution in [3.8, 4) is 22.9 Å². The highest BCUT2D eigenvalue weighted by Crippen LogP contribution is 2.46. The average molecular weight is 854 g/mol. The van der Waals surface area contributed by atoms with Gasteiger partial charge in [-0.2, -0.15) is 9.61 Å². The summed E-state index contributed by atoms with van der Waals surface area (Å²) in [6.07, 6.45) is 9.97. The molecular weight excluding hydrogens is 803 g/mol. The predicted molar refractivity (Wildman–Crippen MR) is 224 cm³/mol. The second kappa shape index (κ2) is 16.6. The van der Waals surface area contributed by atoms with Crippen LogP contribution in [-0.4, -0.2) is 100 Å². The van der Waals surface area contributed by atoms with Crippen LogP contribution in [-0.2, 0) is 29.1 Å². The molecule has 4 aromatic rings. The molecule has 9 rings (SSSR count). The lowest BCUT2D eigenvalue weighted by atomic mass is 10.0. The molecule has 0 unspecified atom stereocenters. The van der Waals surface area contributed by atoms with E-state index in [0.717, 1.165) is 49.5 Å². The van der Waals surface area contributed by atoms with Gasteiger partial charge in [-0.05, 0) is 76.3 Å². The first-order valence-corrected chi connectivity index (χ1v) is 23.0. The van der Waals surface area contributed by atoms with Crippen LogP contribution in [0.2, 0.25) is 0 Å². The SMILES string of the molecule is COc1cccc2c1nn1c(O[C@@H]3C[C@H]4C(=O)N[C@]5(C(=O)NS(=O)(=O)C6CC6)C[C@@H]5/C=C\CCCCC[C@H](NC(=O)OC5CCCC5)C(=O)N4C3)cc(-c3ccccc3)nc21. The van der Waals surface area contributed by atoms with E-state index in [1.165, 1.54) is 4.90 Å². The highest BCUT2D eigenvalue weighted by molar-refractivity contribution is 7.91. The second-order valence-corrected chi connectivity index (χ2v) is 18.9. The Morgan fingerprint density at radius 3 is 2.49 bits per heavy atom. The fourth-order valence-corrected chi connectivity index (χ4v) is 10.4. The average Bonchev–Trinajstić information content (AvgIpc) is 4.06. The van der Waals surface area contributed by atoms with E-state index in [4.69, 9.17) is 24.3 Å². The van der Waals surface area contributed by atoms with Gasteiger partial charge in [-0.3, -0.25) is 19.1 Å². The lowest BCUT2D eigenvalue weighted by Gasteiger charge is -2.30. The Bertz CT molecular complexity index is 2480. The van der Waals surface area contributed by atoms with Crippen LogP contribution in [0.15, 0.2) is 66.7 Å². The molecule has 322 valence electrons. The second-order valence-electron chi connectivity index (χ2n) is 16.9. The smallest absolute Gasteiger partial charge is 0.408 e. The summed E-state index contributed by atoms with van der Waals surface area (Å²) in [5.41, 5.74) is 1.00. The first-order chi connectivity index (χ1) is 29.5. The number of carbonyl (C=O) groups excluding carboxylic acids is 4. The van der Waals surface area contributed by atoms with Gasteiger partial charge in [0.2, 0.25) is 27.7 Å². The number of nitrogens with one attached hydrogen (secondary N) is 3. The van der Waals surface area contributed by atoms with Crippen molar-refractivity contribution >= 4 is 50.4 Å². The molecule has 4 heterocycles. The molecule has 0 spiro atoms. The van der Waals surface area contributed by atoms with E-state index < -0.39 is 68.7 Å². The summed E-state index contributed by atoms with van der Waals surface area (Å²) in [6.45, 7) is -0.0417. The number of carbonyl (C=O) groups is 4. The Labute approximate surface area is 353 Å². The molecule has 61 heavy (non-hydrogen) atoms. The van der Waals surface area contributed by atoms with E-state index in [9.17, 15) is 27.6 Å². The number of hydrogen-bond acceptors (Lipinski definition) is 11. The van der Waals surface area contributed by atoms with Crippen LogP contribution in [0.4, 0.5) is 4.79 Å². The molecule has 3 saturated carbocycles. The van der Waals surface area contributed by atoms with E-state index in [1.807, 2.05) is 60.7 Å². The highest BCUT2D eigenvalue weighted by atomic mass is 32.2. The van der Waals surface area contributed by atoms with Gasteiger partial charge in [-0.1, -0.05) is 61.4 Å². The molecule has 0 radical (unpaired) electrons. The first kappa shape index (κ1) is 40.7. The number of hydrogen-bond donors (Lipinski definition) is 3. The number of fused-ring (bicyclic) bond motifs is 5. The van der Waals surface area contributed by atoms with Crippen molar-refractivity contribution in [3.63, 3.8) is 0 Å². The van der Waals surface area contributed by atoms with Gasteiger partial charge in [0, 0.05) is 24.0 Å². The van der Waals surface area contributed by atoms with E-state index in [2.05, 4.69) is 15.4 Å². The summed E-state index contributed by atoms with van der Waals surface area (Å²) in [5.74, 6) is -1.49. The minimum absolute atomic E-state index is 0.0178. The normalized spacial score (nSPS) is 26.7. The maximum Gasteiger partial charge on any atom is 0.408 e. The molecule has 17 heteroatoms. The quantitative estimate of drug-likeness (QED) is 0.193. The van der Waals surface area contributed by atoms with Crippen LogP contribution in [0, 0.1) is 5.92 Å². The zero-order valence-electron chi connectivity index (χ0n) is 34.1. The molecule has 0 bridgehead atoms. The standard InChI is InChI=1S/C44H51N7O9S/c1-58-36-20-12-18-32-38(36)48-51-37(24-34(45-39(32)51)27-13-6-5-7-14-27)59-30-23-35-40(52)47-44(42(54)49-61(56,57)31-21-22-31)25-28(44)15-8-3-2-4-9-19-33(41(53)50(35)26-30)46-43(55)60-29-16-10-11-17-29/h5-8,12-15,18,20,24,28-31,33,35H,2-4,9-11,16-17,19,21-23,25-26H2,1H3,(H,46,55)(H,47,52)(H,49,54)/b15-8-/t28-,30+,33-,35-,44+/m0/s1. The minimum Gasteiger partial charge on any atom is -0.494 e. The Morgan fingerprint density at radius 2 is 1.72 bits per heavy atom. The number of allylic oxidation sites excluding steroid dienone is 1. The lowest BCUT2D eigenvalue weighted by molar-refractivity contribution is -0.141. The number of benzene rings is 2. The van der Waals surface area contributed by atoms with Crippen LogP contribution in [0.5, 0.6) is 11.6 Å². The number of sulfonamides is 1. The van der Waals surface area contributed by atoms with Crippen molar-refractivity contribution in [1.82, 2.24) is 34.9 Å². The van der Waals surface area contributed by atoms with Crippen LogP contribution < -0.4 is 24.8 Å². The maximum atomic E-state index is 14.8. The summed E-state index contributed by atoms with van der Waals surface area (Å²) in [5, 5.41) is 10.7. The predicted octanol–water partition coefficient (Wildman–Crippen LogP) is 4.95. The number of amides is 4. The van der Waals surface area contributed by atoms with Gasteiger partial charge >= 0.3 is 6.09 Å². The number of methoxy groups -OCH3 is 1. The van der Waals surface area contributed by atoms with E-state index in [-0.39, 0.29) is 25.5 Å². The van der Waals surface area contributed by atoms with Crippen molar-refractivity contribution in [3.05, 3.63) is 66.7 Å². The fraction of sp³-hybridized carbons (Fsp3) is 0.500. The van der Waals surface area contributed by atoms with Crippen molar-refractivity contribution in [2.75, 3.05) is 13.7 Å². The van der Waals surface area contributed by atoms with Gasteiger partial charge < -0.3 is 29.7 Å². The van der Waals surface area contributed by atoms with Gasteiger partial charge in [-0.25, -0.2) is 18.2 Å². The molecule has 3 N–H and O–H groups in total. The molecule has 2 aromatic heterocycles. The van der Waals surface area contributed by atoms with Crippen LogP contribution in [0.1, 0.15) is 83.5 Å². The minimum atomic E-state index is -3.92. The zero-order chi connectivity index (χ0) is 42.3. The molecule has 5 aliphatic rings. The number of aromatic nitrogens is 3. The highest BCUT2D eigenvalue weighted by Gasteiger charge is 2.62. The van der Waals surface area contributed by atoms with Crippen molar-refractivity contribution in [2.45, 2.75) is 119 Å². The van der Waals surface area contributed by atoms with Crippen LogP contribution >= 0.6 is 0 Å². The van der Waals surface area contributed by atoms with Crippen molar-refractivity contribution < 1.29 is 41.8 Å². The molecule has 2 aliphatic heterocycles. The van der Waals surface area contributed by atoms with Gasteiger partial charge in [0.25, 0.3) is 5.91 Å². The van der Waals surface area contributed by atoms with Gasteiger partial charge in [0.05, 0.1) is 30.0 Å². The summed E-state index contributed by atoms with van der Waals surface area (Å²) in [4.78, 5) is 63.0. The lowest BCUT2D eigenvalue weighted by Crippen LogP contribution is -2.58. The maximum absolute atomic E-state index is 14.8. The number of alkyl carbamates (subject to hydrolysis) is 1. The Balaban J connectivity index is 1.06. The summed E-state index contributed by atoms with van der Waals surface area (Å²) >= 11 is 0. The van der Waals surface area contributed by atoms with Crippen molar-refractivity contribution in [2.24, 2.45) is 5.92 Å². The third-order valence-corrected chi connectivity index (χ3v) is 14.4. The number of rotatable bonds is 9. The fourth-order valence-electron chi connectivity index (χ4n) is 9.01. The van der Waals surface area contributed by atoms with Crippen molar-refractivity contribution in [1.29, 1.82) is 0 Å². The molecule has 2 aromatic carbocycles. The summed E-state index contributed by atoms with van der Waals surface area (Å²) < 4.78 is 47.9. The Kier molecular flexibility index (Phi) is 11.1. The first-order valence-electron chi connectivity index (χ1n) is 21.4. The largest absolute Gasteiger partial charge is 0.494 e. The summed E-state index contributed by atoms with van der Waals surface area (Å²) in [6, 6.07) is 14.8. The summed E-state index contributed by atoms with van der Waals surface area (Å²) in [7, 11) is -2.35. The third-order valence-electron chi connectivity index (χ3n) is 12.6. The van der Waals surface area contributed by atoms with Gasteiger partial charge in [0.15, 0.2) is 5.65 Å². The topological polar surface area (TPSA) is 200 Å². The Morgan fingerprint density at radius 1 is 0.934 bits per heavy atom. The number of nitrogens with zero attached hydrogens (tertiary/aromatic N) is 4. The monoisotopic (exact) mass is 853 g/mol. The third kappa shape index (κ3) is 8.36. The molecule has 4 fully saturated rings.